The zero-order valence-corrected chi connectivity index (χ0v) is 14.4. The number of aromatic amines is 1. The maximum atomic E-state index is 6.25. The van der Waals surface area contributed by atoms with Crippen LogP contribution in [0, 0.1) is 5.41 Å². The fourth-order valence-electron chi connectivity index (χ4n) is 3.95. The van der Waals surface area contributed by atoms with Gasteiger partial charge in [-0.3, -0.25) is 5.10 Å². The van der Waals surface area contributed by atoms with E-state index in [0.717, 1.165) is 17.7 Å². The summed E-state index contributed by atoms with van der Waals surface area (Å²) in [7, 11) is 0. The molecule has 2 aliphatic rings. The van der Waals surface area contributed by atoms with Gasteiger partial charge in [0.1, 0.15) is 5.69 Å². The minimum atomic E-state index is 0.328. The molecular formula is C19H22N6. The van der Waals surface area contributed by atoms with Crippen LogP contribution in [-0.2, 0) is 6.42 Å². The highest BCUT2D eigenvalue weighted by Crippen LogP contribution is 2.68. The Balaban J connectivity index is 1.61. The van der Waals surface area contributed by atoms with Gasteiger partial charge in [0, 0.05) is 29.5 Å². The molecule has 25 heavy (non-hydrogen) atoms. The monoisotopic (exact) mass is 334 g/mol. The molecular weight excluding hydrogens is 312 g/mol. The van der Waals surface area contributed by atoms with Gasteiger partial charge in [-0.1, -0.05) is 43.8 Å². The summed E-state index contributed by atoms with van der Waals surface area (Å²) in [4.78, 5) is 0. The number of hydrogen-bond donors (Lipinski definition) is 2. The molecule has 0 radical (unpaired) electrons. The predicted molar refractivity (Wildman–Crippen MR) is 100.0 cm³/mol. The summed E-state index contributed by atoms with van der Waals surface area (Å²) in [6.45, 7) is 9.88. The first-order valence-corrected chi connectivity index (χ1v) is 8.52. The van der Waals surface area contributed by atoms with Crippen LogP contribution in [0.3, 0.4) is 0 Å². The van der Waals surface area contributed by atoms with E-state index in [4.69, 9.17) is 5.73 Å². The average Bonchev–Trinajstić information content (AvgIpc) is 3.05. The van der Waals surface area contributed by atoms with Crippen molar-refractivity contribution in [2.24, 2.45) is 21.4 Å². The first-order chi connectivity index (χ1) is 12.1. The zero-order valence-electron chi connectivity index (χ0n) is 14.4. The van der Waals surface area contributed by atoms with Crippen molar-refractivity contribution in [1.82, 2.24) is 15.3 Å². The largest absolute Gasteiger partial charge is 0.380 e. The molecule has 6 nitrogen and oxygen atoms in total. The second kappa shape index (κ2) is 5.58. The number of aromatic nitrogens is 2. The van der Waals surface area contributed by atoms with Crippen molar-refractivity contribution in [2.75, 3.05) is 0 Å². The third kappa shape index (κ3) is 2.36. The Hall–Kier alpha value is -2.89. The van der Waals surface area contributed by atoms with Crippen LogP contribution < -0.4 is 5.73 Å². The summed E-state index contributed by atoms with van der Waals surface area (Å²) in [5.74, 6) is 0.934. The van der Waals surface area contributed by atoms with Gasteiger partial charge in [-0.25, -0.2) is 0 Å². The molecule has 0 bridgehead atoms. The highest BCUT2D eigenvalue weighted by atomic mass is 15.7. The third-order valence-electron chi connectivity index (χ3n) is 5.60. The zero-order chi connectivity index (χ0) is 17.6. The maximum absolute atomic E-state index is 6.25. The summed E-state index contributed by atoms with van der Waals surface area (Å²) in [5.41, 5.74) is 11.3. The molecule has 2 atom stereocenters. The fraction of sp³-hybridized carbons (Fsp3) is 0.316. The second-order valence-electron chi connectivity index (χ2n) is 6.84. The average molecular weight is 334 g/mol. The van der Waals surface area contributed by atoms with Gasteiger partial charge in [-0.15, -0.1) is 5.10 Å². The number of nitrogens with one attached hydrogen (secondary N) is 1. The van der Waals surface area contributed by atoms with Crippen molar-refractivity contribution < 1.29 is 0 Å². The molecule has 4 rings (SSSR count). The topological polar surface area (TPSA) is 82.7 Å². The van der Waals surface area contributed by atoms with E-state index in [-0.39, 0.29) is 0 Å². The van der Waals surface area contributed by atoms with Gasteiger partial charge < -0.3 is 5.73 Å². The van der Waals surface area contributed by atoms with Crippen molar-refractivity contribution in [3.63, 3.8) is 0 Å². The number of nitrogens with zero attached hydrogens (tertiary/aromatic N) is 4. The lowest BCUT2D eigenvalue weighted by molar-refractivity contribution is 0.454. The molecule has 1 fully saturated rings. The Bertz CT molecular complexity index is 865. The Kier molecular flexibility index (Phi) is 3.49. The number of rotatable bonds is 6. The fourth-order valence-corrected chi connectivity index (χ4v) is 3.95. The number of nitrogens with two attached hydrogens (primary N) is 1. The van der Waals surface area contributed by atoms with E-state index in [2.05, 4.69) is 40.6 Å². The van der Waals surface area contributed by atoms with Crippen LogP contribution >= 0.6 is 0 Å². The summed E-state index contributed by atoms with van der Waals surface area (Å²) >= 11 is 0. The van der Waals surface area contributed by atoms with E-state index in [0.29, 0.717) is 22.9 Å². The number of hydrogen-bond acceptors (Lipinski definition) is 4. The highest BCUT2D eigenvalue weighted by Gasteiger charge is 2.60. The lowest BCUT2D eigenvalue weighted by atomic mass is 9.97. The van der Waals surface area contributed by atoms with Crippen LogP contribution in [0.5, 0.6) is 0 Å². The Morgan fingerprint density at radius 2 is 2.20 bits per heavy atom. The Labute approximate surface area is 147 Å². The normalized spacial score (nSPS) is 23.7. The number of H-pyrrole nitrogens is 1. The molecule has 2 aliphatic carbocycles. The standard InChI is InChI=1S/C19H22N6/c1-4-19-10-14-16(15(19)11-19)22-23-17(14)18(20)24-25(21-3)12(2)13-8-6-5-7-9-13/h5-9,15H,2-4,10-11H2,1H3,(H2,20,24)(H,22,23). The van der Waals surface area contributed by atoms with E-state index in [9.17, 15) is 0 Å². The van der Waals surface area contributed by atoms with Crippen LogP contribution in [0.4, 0.5) is 0 Å². The Morgan fingerprint density at radius 3 is 2.88 bits per heavy atom. The molecule has 3 N–H and O–H groups in total. The van der Waals surface area contributed by atoms with Crippen LogP contribution in [0.2, 0.25) is 0 Å². The second-order valence-corrected chi connectivity index (χ2v) is 6.84. The molecule has 6 heteroatoms. The van der Waals surface area contributed by atoms with E-state index < -0.39 is 0 Å². The molecule has 0 amide bonds. The third-order valence-corrected chi connectivity index (χ3v) is 5.60. The molecule has 2 unspecified atom stereocenters. The Morgan fingerprint density at radius 1 is 1.44 bits per heavy atom. The smallest absolute Gasteiger partial charge is 0.174 e. The molecule has 0 saturated heterocycles. The molecule has 1 aromatic carbocycles. The van der Waals surface area contributed by atoms with E-state index in [1.807, 2.05) is 30.3 Å². The van der Waals surface area contributed by atoms with E-state index in [1.165, 1.54) is 29.2 Å². The summed E-state index contributed by atoms with van der Waals surface area (Å²) in [5, 5.41) is 17.3. The number of fused-ring (bicyclic) bond motifs is 3. The molecule has 1 saturated carbocycles. The van der Waals surface area contributed by atoms with Crippen LogP contribution in [-0.4, -0.2) is 27.9 Å². The minimum absolute atomic E-state index is 0.328. The number of hydrazone groups is 2. The van der Waals surface area contributed by atoms with E-state index in [1.54, 1.807) is 0 Å². The maximum Gasteiger partial charge on any atom is 0.174 e. The molecule has 0 aliphatic heterocycles. The number of amidine groups is 1. The molecule has 0 spiro atoms. The van der Waals surface area contributed by atoms with Crippen LogP contribution in [0.1, 0.15) is 48.2 Å². The molecule has 1 aromatic heterocycles. The van der Waals surface area contributed by atoms with Gasteiger partial charge >= 0.3 is 0 Å². The van der Waals surface area contributed by atoms with Crippen molar-refractivity contribution >= 4 is 18.3 Å². The first-order valence-electron chi connectivity index (χ1n) is 8.52. The van der Waals surface area contributed by atoms with Crippen molar-refractivity contribution in [3.05, 3.63) is 59.4 Å². The van der Waals surface area contributed by atoms with Crippen LogP contribution in [0.15, 0.2) is 47.1 Å². The molecule has 128 valence electrons. The SMILES string of the molecule is C=NN(N=C(N)c1n[nH]c2c1CC1(CC)CC21)C(=C)c1ccccc1. The van der Waals surface area contributed by atoms with Crippen molar-refractivity contribution in [1.29, 1.82) is 0 Å². The van der Waals surface area contributed by atoms with Gasteiger partial charge in [0.25, 0.3) is 0 Å². The first kappa shape index (κ1) is 15.6. The van der Waals surface area contributed by atoms with Crippen molar-refractivity contribution in [3.8, 4) is 0 Å². The summed E-state index contributed by atoms with van der Waals surface area (Å²) < 4.78 is 0. The summed E-state index contributed by atoms with van der Waals surface area (Å²) in [6, 6.07) is 9.70. The summed E-state index contributed by atoms with van der Waals surface area (Å²) in [6.07, 6.45) is 3.45. The highest BCUT2D eigenvalue weighted by molar-refractivity contribution is 5.97. The van der Waals surface area contributed by atoms with E-state index >= 15 is 0 Å². The van der Waals surface area contributed by atoms with Crippen LogP contribution in [0.25, 0.3) is 5.70 Å². The predicted octanol–water partition coefficient (Wildman–Crippen LogP) is 3.06. The molecule has 2 aromatic rings. The van der Waals surface area contributed by atoms with Gasteiger partial charge in [0.2, 0.25) is 0 Å². The van der Waals surface area contributed by atoms with Crippen molar-refractivity contribution in [2.45, 2.75) is 32.1 Å². The van der Waals surface area contributed by atoms with Gasteiger partial charge in [-0.2, -0.15) is 15.3 Å². The lowest BCUT2D eigenvalue weighted by Crippen LogP contribution is -2.21. The van der Waals surface area contributed by atoms with Gasteiger partial charge in [-0.05, 0) is 24.7 Å². The quantitative estimate of drug-likeness (QED) is 0.484. The van der Waals surface area contributed by atoms with Gasteiger partial charge in [0.05, 0.1) is 5.70 Å². The van der Waals surface area contributed by atoms with Gasteiger partial charge in [0.15, 0.2) is 5.84 Å². The molecule has 1 heterocycles. The minimum Gasteiger partial charge on any atom is -0.380 e. The lowest BCUT2D eigenvalue weighted by Gasteiger charge is -2.16. The number of benzene rings is 1.